The molecule has 0 rings (SSSR count). The van der Waals surface area contributed by atoms with Crippen LogP contribution in [0, 0.1) is 5.92 Å². The van der Waals surface area contributed by atoms with Crippen LogP contribution in [0.5, 0.6) is 0 Å². The molecule has 128 valence electrons. The van der Waals surface area contributed by atoms with Crippen molar-refractivity contribution in [1.82, 2.24) is 10.2 Å². The maximum atomic E-state index is 3.69. The molecule has 1 N–H and O–H groups in total. The Morgan fingerprint density at radius 1 is 0.952 bits per heavy atom. The summed E-state index contributed by atoms with van der Waals surface area (Å²) in [7, 11) is 2.17. The summed E-state index contributed by atoms with van der Waals surface area (Å²) in [6.07, 6.45) is 9.22. The van der Waals surface area contributed by atoms with Gasteiger partial charge in [0, 0.05) is 11.6 Å². The molecule has 0 heterocycles. The van der Waals surface area contributed by atoms with Gasteiger partial charge in [-0.05, 0) is 45.3 Å². The fourth-order valence-electron chi connectivity index (χ4n) is 4.18. The number of hydrogen-bond acceptors (Lipinski definition) is 2. The van der Waals surface area contributed by atoms with E-state index in [4.69, 9.17) is 0 Å². The van der Waals surface area contributed by atoms with Gasteiger partial charge in [-0.1, -0.05) is 67.2 Å². The lowest BCUT2D eigenvalue weighted by Gasteiger charge is -2.49. The number of nitrogens with one attached hydrogen (secondary N) is 1. The normalized spacial score (nSPS) is 15.4. The van der Waals surface area contributed by atoms with Gasteiger partial charge in [-0.3, -0.25) is 4.90 Å². The molecular weight excluding hydrogens is 256 g/mol. The van der Waals surface area contributed by atoms with Crippen LogP contribution in [0.25, 0.3) is 0 Å². The molecule has 0 spiro atoms. The predicted octanol–water partition coefficient (Wildman–Crippen LogP) is 5.08. The summed E-state index contributed by atoms with van der Waals surface area (Å²) in [5.74, 6) is 0.871. The Labute approximate surface area is 135 Å². The Hall–Kier alpha value is -0.0800. The van der Waals surface area contributed by atoms with Crippen molar-refractivity contribution in [3.63, 3.8) is 0 Å². The van der Waals surface area contributed by atoms with Gasteiger partial charge in [-0.15, -0.1) is 0 Å². The van der Waals surface area contributed by atoms with Gasteiger partial charge in [0.1, 0.15) is 0 Å². The molecule has 0 aliphatic heterocycles. The Bertz CT molecular complexity index is 232. The van der Waals surface area contributed by atoms with Crippen molar-refractivity contribution < 1.29 is 0 Å². The number of hydrogen-bond donors (Lipinski definition) is 1. The quantitative estimate of drug-likeness (QED) is 0.510. The van der Waals surface area contributed by atoms with Crippen molar-refractivity contribution >= 4 is 0 Å². The molecule has 0 aliphatic rings. The molecule has 2 heteroatoms. The number of nitrogens with zero attached hydrogens (tertiary/aromatic N) is 1. The zero-order valence-corrected chi connectivity index (χ0v) is 16.0. The second kappa shape index (κ2) is 11.5. The van der Waals surface area contributed by atoms with E-state index in [0.29, 0.717) is 11.6 Å². The first-order chi connectivity index (χ1) is 10.1. The first-order valence-corrected chi connectivity index (χ1v) is 9.52. The van der Waals surface area contributed by atoms with Crippen LogP contribution in [0.1, 0.15) is 86.5 Å². The van der Waals surface area contributed by atoms with Crippen LogP contribution in [0.15, 0.2) is 0 Å². The molecule has 0 bridgehead atoms. The van der Waals surface area contributed by atoms with Crippen molar-refractivity contribution in [2.24, 2.45) is 5.92 Å². The molecule has 0 aromatic heterocycles. The lowest BCUT2D eigenvalue weighted by Crippen LogP contribution is -2.60. The molecule has 0 amide bonds. The Kier molecular flexibility index (Phi) is 11.4. The molecule has 0 radical (unpaired) electrons. The van der Waals surface area contributed by atoms with Gasteiger partial charge in [-0.25, -0.2) is 0 Å². The highest BCUT2D eigenvalue weighted by atomic mass is 15.2. The number of rotatable bonds is 13. The van der Waals surface area contributed by atoms with E-state index in [1.54, 1.807) is 0 Å². The van der Waals surface area contributed by atoms with E-state index in [1.807, 2.05) is 0 Å². The summed E-state index contributed by atoms with van der Waals surface area (Å²) < 4.78 is 0. The maximum absolute atomic E-state index is 3.69. The summed E-state index contributed by atoms with van der Waals surface area (Å²) in [6, 6.07) is 0.606. The third-order valence-corrected chi connectivity index (χ3v) is 5.73. The molecule has 2 atom stereocenters. The van der Waals surface area contributed by atoms with Crippen molar-refractivity contribution in [2.45, 2.75) is 98.1 Å². The van der Waals surface area contributed by atoms with Gasteiger partial charge >= 0.3 is 0 Å². The minimum atomic E-state index is 0.317. The lowest BCUT2D eigenvalue weighted by molar-refractivity contribution is 0.0417. The fraction of sp³-hybridized carbons (Fsp3) is 1.00. The Balaban J connectivity index is 5.12. The van der Waals surface area contributed by atoms with E-state index in [-0.39, 0.29) is 0 Å². The largest absolute Gasteiger partial charge is 0.315 e. The van der Waals surface area contributed by atoms with E-state index in [1.165, 1.54) is 44.9 Å². The van der Waals surface area contributed by atoms with Crippen LogP contribution in [0.4, 0.5) is 0 Å². The van der Waals surface area contributed by atoms with E-state index >= 15 is 0 Å². The maximum Gasteiger partial charge on any atom is 0.0357 e. The smallest absolute Gasteiger partial charge is 0.0357 e. The van der Waals surface area contributed by atoms with Crippen molar-refractivity contribution in [1.29, 1.82) is 0 Å². The summed E-state index contributed by atoms with van der Waals surface area (Å²) in [5, 5.41) is 3.69. The summed E-state index contributed by atoms with van der Waals surface area (Å²) >= 11 is 0. The number of likely N-dealkylation sites (N-methyl/N-ethyl adjacent to an activating group) is 2. The van der Waals surface area contributed by atoms with Gasteiger partial charge in [0.25, 0.3) is 0 Å². The van der Waals surface area contributed by atoms with Crippen LogP contribution < -0.4 is 5.32 Å². The number of unbranched alkanes of at least 4 members (excludes halogenated alkanes) is 1. The molecule has 2 unspecified atom stereocenters. The van der Waals surface area contributed by atoms with Crippen molar-refractivity contribution in [3.8, 4) is 0 Å². The topological polar surface area (TPSA) is 15.3 Å². The summed E-state index contributed by atoms with van der Waals surface area (Å²) in [5.41, 5.74) is 0.317. The molecular formula is C19H42N2. The molecule has 2 nitrogen and oxygen atoms in total. The summed E-state index contributed by atoms with van der Waals surface area (Å²) in [4.78, 5) is 2.70. The summed E-state index contributed by atoms with van der Waals surface area (Å²) in [6.45, 7) is 16.3. The molecule has 0 aromatic carbocycles. The van der Waals surface area contributed by atoms with Gasteiger partial charge in [0.2, 0.25) is 0 Å². The average molecular weight is 299 g/mol. The standard InChI is InChI=1S/C19H42N2/c1-8-14-15-17(9-2)16-18(20-7)19(10-3,11-4)21(12-5)13-6/h17-18,20H,8-16H2,1-7H3. The second-order valence-electron chi connectivity index (χ2n) is 6.48. The van der Waals surface area contributed by atoms with Crippen molar-refractivity contribution in [2.75, 3.05) is 20.1 Å². The van der Waals surface area contributed by atoms with Crippen LogP contribution in [0.2, 0.25) is 0 Å². The van der Waals surface area contributed by atoms with Gasteiger partial charge in [0.05, 0.1) is 0 Å². The first kappa shape index (κ1) is 20.9. The minimum absolute atomic E-state index is 0.317. The third kappa shape index (κ3) is 5.56. The fourth-order valence-corrected chi connectivity index (χ4v) is 4.18. The molecule has 21 heavy (non-hydrogen) atoms. The molecule has 0 saturated heterocycles. The van der Waals surface area contributed by atoms with Crippen molar-refractivity contribution in [3.05, 3.63) is 0 Å². The van der Waals surface area contributed by atoms with Crippen LogP contribution >= 0.6 is 0 Å². The van der Waals surface area contributed by atoms with Crippen LogP contribution in [-0.2, 0) is 0 Å². The van der Waals surface area contributed by atoms with Gasteiger partial charge in [-0.2, -0.15) is 0 Å². The monoisotopic (exact) mass is 298 g/mol. The van der Waals surface area contributed by atoms with E-state index in [9.17, 15) is 0 Å². The highest BCUT2D eigenvalue weighted by Crippen LogP contribution is 2.33. The highest BCUT2D eigenvalue weighted by molar-refractivity contribution is 4.98. The zero-order chi connectivity index (χ0) is 16.3. The lowest BCUT2D eigenvalue weighted by atomic mass is 9.77. The SMILES string of the molecule is CCCCC(CC)CC(NC)C(CC)(CC)N(CC)CC. The van der Waals surface area contributed by atoms with Gasteiger partial charge in [0.15, 0.2) is 0 Å². The first-order valence-electron chi connectivity index (χ1n) is 9.52. The van der Waals surface area contributed by atoms with E-state index < -0.39 is 0 Å². The molecule has 0 aromatic rings. The second-order valence-corrected chi connectivity index (χ2v) is 6.48. The Morgan fingerprint density at radius 3 is 1.86 bits per heavy atom. The van der Waals surface area contributed by atoms with Gasteiger partial charge < -0.3 is 5.32 Å². The molecule has 0 aliphatic carbocycles. The highest BCUT2D eigenvalue weighted by Gasteiger charge is 2.39. The molecule has 0 fully saturated rings. The van der Waals surface area contributed by atoms with Crippen LogP contribution in [-0.4, -0.2) is 36.6 Å². The Morgan fingerprint density at radius 2 is 1.52 bits per heavy atom. The predicted molar refractivity (Wildman–Crippen MR) is 97.0 cm³/mol. The third-order valence-electron chi connectivity index (χ3n) is 5.73. The minimum Gasteiger partial charge on any atom is -0.315 e. The average Bonchev–Trinajstić information content (AvgIpc) is 2.53. The van der Waals surface area contributed by atoms with E-state index in [0.717, 1.165) is 19.0 Å². The van der Waals surface area contributed by atoms with E-state index in [2.05, 4.69) is 58.8 Å². The van der Waals surface area contributed by atoms with Crippen LogP contribution in [0.3, 0.4) is 0 Å². The molecule has 0 saturated carbocycles. The zero-order valence-electron chi connectivity index (χ0n) is 16.0.